The first-order chi connectivity index (χ1) is 8.65. The third-order valence-corrected chi connectivity index (χ3v) is 3.03. The molecule has 0 aliphatic heterocycles. The molecule has 5 nitrogen and oxygen atoms in total. The summed E-state index contributed by atoms with van der Waals surface area (Å²) in [7, 11) is 0. The molecule has 1 aromatic rings. The van der Waals surface area contributed by atoms with Crippen LogP contribution >= 0.6 is 11.6 Å². The number of nitrogens with zero attached hydrogens (tertiary/aromatic N) is 2. The van der Waals surface area contributed by atoms with E-state index in [2.05, 4.69) is 22.2 Å². The lowest BCUT2D eigenvalue weighted by Crippen LogP contribution is -2.09. The summed E-state index contributed by atoms with van der Waals surface area (Å²) in [5.74, 6) is 0.667. The van der Waals surface area contributed by atoms with Crippen LogP contribution in [0.1, 0.15) is 45.4 Å². The highest BCUT2D eigenvalue weighted by molar-refractivity contribution is 6.32. The highest BCUT2D eigenvalue weighted by Crippen LogP contribution is 2.24. The minimum Gasteiger partial charge on any atom is -0.393 e. The molecule has 0 unspecified atom stereocenters. The minimum atomic E-state index is 0.139. The second-order valence-electron chi connectivity index (χ2n) is 4.33. The van der Waals surface area contributed by atoms with Crippen molar-refractivity contribution < 1.29 is 0 Å². The van der Waals surface area contributed by atoms with Gasteiger partial charge in [-0.1, -0.05) is 50.6 Å². The monoisotopic (exact) mass is 271 g/mol. The van der Waals surface area contributed by atoms with Gasteiger partial charge in [0.05, 0.1) is 0 Å². The van der Waals surface area contributed by atoms with Crippen molar-refractivity contribution in [3.8, 4) is 0 Å². The van der Waals surface area contributed by atoms with Crippen LogP contribution in [0.3, 0.4) is 0 Å². The second-order valence-corrected chi connectivity index (χ2v) is 4.69. The van der Waals surface area contributed by atoms with Gasteiger partial charge < -0.3 is 16.8 Å². The highest BCUT2D eigenvalue weighted by atomic mass is 35.5. The third-order valence-electron chi connectivity index (χ3n) is 2.74. The number of rotatable bonds is 8. The van der Waals surface area contributed by atoms with Crippen LogP contribution in [0.5, 0.6) is 0 Å². The van der Waals surface area contributed by atoms with Gasteiger partial charge in [0.1, 0.15) is 5.69 Å². The number of nitrogens with two attached hydrogens (primary N) is 2. The average molecular weight is 272 g/mol. The van der Waals surface area contributed by atoms with E-state index in [1.165, 1.54) is 32.1 Å². The maximum atomic E-state index is 5.82. The van der Waals surface area contributed by atoms with E-state index in [9.17, 15) is 0 Å². The Labute approximate surface area is 113 Å². The van der Waals surface area contributed by atoms with Crippen LogP contribution in [0.25, 0.3) is 0 Å². The molecule has 0 bridgehead atoms. The van der Waals surface area contributed by atoms with E-state index >= 15 is 0 Å². The molecule has 5 N–H and O–H groups in total. The Morgan fingerprint density at radius 2 is 1.72 bits per heavy atom. The van der Waals surface area contributed by atoms with Crippen LogP contribution in [0, 0.1) is 0 Å². The van der Waals surface area contributed by atoms with Gasteiger partial charge in [0.15, 0.2) is 11.0 Å². The van der Waals surface area contributed by atoms with Crippen LogP contribution in [0.15, 0.2) is 0 Å². The Bertz CT molecular complexity index is 370. The zero-order valence-corrected chi connectivity index (χ0v) is 11.6. The highest BCUT2D eigenvalue weighted by Gasteiger charge is 2.07. The average Bonchev–Trinajstić information content (AvgIpc) is 2.33. The molecule has 0 aromatic carbocycles. The van der Waals surface area contributed by atoms with Crippen LogP contribution in [-0.2, 0) is 0 Å². The molecular formula is C12H22ClN5. The molecule has 0 aliphatic rings. The SMILES string of the molecule is CCCCCCCCNc1nc(N)nc(Cl)c1N. The van der Waals surface area contributed by atoms with Gasteiger partial charge in [-0.3, -0.25) is 0 Å². The number of hydrogen-bond donors (Lipinski definition) is 3. The zero-order chi connectivity index (χ0) is 13.4. The van der Waals surface area contributed by atoms with E-state index in [0.29, 0.717) is 11.5 Å². The molecule has 0 amide bonds. The van der Waals surface area contributed by atoms with Gasteiger partial charge in [0.2, 0.25) is 5.95 Å². The number of anilines is 3. The van der Waals surface area contributed by atoms with Crippen molar-refractivity contribution in [2.24, 2.45) is 0 Å². The predicted octanol–water partition coefficient (Wildman–Crippen LogP) is 3.07. The molecule has 6 heteroatoms. The Kier molecular flexibility index (Phi) is 6.57. The van der Waals surface area contributed by atoms with Gasteiger partial charge in [-0.2, -0.15) is 9.97 Å². The zero-order valence-electron chi connectivity index (χ0n) is 10.9. The number of nitrogen functional groups attached to an aromatic ring is 2. The van der Waals surface area contributed by atoms with Crippen molar-refractivity contribution in [2.75, 3.05) is 23.3 Å². The topological polar surface area (TPSA) is 89.8 Å². The summed E-state index contributed by atoms with van der Waals surface area (Å²) >= 11 is 5.82. The Hall–Kier alpha value is -1.23. The maximum absolute atomic E-state index is 5.82. The van der Waals surface area contributed by atoms with Crippen LogP contribution in [0.2, 0.25) is 5.15 Å². The quantitative estimate of drug-likeness (QED) is 0.499. The summed E-state index contributed by atoms with van der Waals surface area (Å²) in [6.45, 7) is 3.04. The minimum absolute atomic E-state index is 0.139. The van der Waals surface area contributed by atoms with Crippen LogP contribution in [-0.4, -0.2) is 16.5 Å². The molecule has 0 saturated carbocycles. The predicted molar refractivity (Wildman–Crippen MR) is 77.7 cm³/mol. The molecule has 18 heavy (non-hydrogen) atoms. The fraction of sp³-hybridized carbons (Fsp3) is 0.667. The van der Waals surface area contributed by atoms with Crippen molar-refractivity contribution in [3.63, 3.8) is 0 Å². The molecule has 102 valence electrons. The van der Waals surface area contributed by atoms with E-state index in [4.69, 9.17) is 23.1 Å². The van der Waals surface area contributed by atoms with Crippen molar-refractivity contribution in [3.05, 3.63) is 5.15 Å². The molecule has 1 rings (SSSR count). The number of unbranched alkanes of at least 4 members (excludes halogenated alkanes) is 5. The van der Waals surface area contributed by atoms with Gasteiger partial charge in [-0.15, -0.1) is 0 Å². The van der Waals surface area contributed by atoms with E-state index in [-0.39, 0.29) is 11.1 Å². The van der Waals surface area contributed by atoms with Crippen LogP contribution in [0.4, 0.5) is 17.5 Å². The maximum Gasteiger partial charge on any atom is 0.223 e. The molecule has 0 atom stereocenters. The summed E-state index contributed by atoms with van der Waals surface area (Å²) in [6.07, 6.45) is 7.47. The van der Waals surface area contributed by atoms with Crippen molar-refractivity contribution in [1.29, 1.82) is 0 Å². The molecule has 0 radical (unpaired) electrons. The first-order valence-corrected chi connectivity index (χ1v) is 6.85. The summed E-state index contributed by atoms with van der Waals surface area (Å²) in [5.41, 5.74) is 11.6. The second kappa shape index (κ2) is 7.97. The number of hydrogen-bond acceptors (Lipinski definition) is 5. The Morgan fingerprint density at radius 1 is 1.06 bits per heavy atom. The summed E-state index contributed by atoms with van der Waals surface area (Å²) in [4.78, 5) is 7.81. The van der Waals surface area contributed by atoms with Gasteiger partial charge in [-0.05, 0) is 6.42 Å². The fourth-order valence-electron chi connectivity index (χ4n) is 1.71. The Balaban J connectivity index is 2.27. The standard InChI is InChI=1S/C12H22ClN5/c1-2-3-4-5-6-7-8-16-11-9(14)10(13)17-12(15)18-11/h2-8,14H2,1H3,(H3,15,16,17,18). The third kappa shape index (κ3) is 4.96. The van der Waals surface area contributed by atoms with Crippen molar-refractivity contribution in [1.82, 2.24) is 9.97 Å². The van der Waals surface area contributed by atoms with E-state index in [1.54, 1.807) is 0 Å². The van der Waals surface area contributed by atoms with E-state index in [0.717, 1.165) is 13.0 Å². The smallest absolute Gasteiger partial charge is 0.223 e. The number of nitrogens with one attached hydrogen (secondary N) is 1. The van der Waals surface area contributed by atoms with E-state index < -0.39 is 0 Å². The van der Waals surface area contributed by atoms with E-state index in [1.807, 2.05) is 0 Å². The van der Waals surface area contributed by atoms with Gasteiger partial charge in [-0.25, -0.2) is 0 Å². The largest absolute Gasteiger partial charge is 0.393 e. The fourth-order valence-corrected chi connectivity index (χ4v) is 1.88. The number of aromatic nitrogens is 2. The molecule has 0 fully saturated rings. The lowest BCUT2D eigenvalue weighted by atomic mass is 10.1. The van der Waals surface area contributed by atoms with Crippen LogP contribution < -0.4 is 16.8 Å². The summed E-state index contributed by atoms with van der Waals surface area (Å²) < 4.78 is 0. The van der Waals surface area contributed by atoms with Gasteiger partial charge in [0, 0.05) is 6.54 Å². The van der Waals surface area contributed by atoms with Crippen molar-refractivity contribution >= 4 is 29.1 Å². The molecule has 0 spiro atoms. The molecular weight excluding hydrogens is 250 g/mol. The molecule has 0 saturated heterocycles. The molecule has 1 aromatic heterocycles. The first kappa shape index (κ1) is 14.8. The van der Waals surface area contributed by atoms with Gasteiger partial charge in [0.25, 0.3) is 0 Å². The van der Waals surface area contributed by atoms with Crippen molar-refractivity contribution in [2.45, 2.75) is 45.4 Å². The number of halogens is 1. The Morgan fingerprint density at radius 3 is 2.44 bits per heavy atom. The lowest BCUT2D eigenvalue weighted by Gasteiger charge is -2.09. The first-order valence-electron chi connectivity index (χ1n) is 6.47. The molecule has 0 aliphatic carbocycles. The lowest BCUT2D eigenvalue weighted by molar-refractivity contribution is 0.617. The normalized spacial score (nSPS) is 10.6. The summed E-state index contributed by atoms with van der Waals surface area (Å²) in [6, 6.07) is 0. The van der Waals surface area contributed by atoms with Gasteiger partial charge >= 0.3 is 0 Å². The summed E-state index contributed by atoms with van der Waals surface area (Å²) in [5, 5.41) is 3.35. The molecule has 1 heterocycles.